The molecule has 1 fully saturated rings. The maximum atomic E-state index is 13.6. The molecule has 0 saturated carbocycles. The molecule has 1 unspecified atom stereocenters. The van der Waals surface area contributed by atoms with Gasteiger partial charge in [0.25, 0.3) is 5.91 Å². The first-order valence-corrected chi connectivity index (χ1v) is 11.4. The number of benzene rings is 1. The van der Waals surface area contributed by atoms with E-state index in [1.165, 1.54) is 11.3 Å². The predicted molar refractivity (Wildman–Crippen MR) is 121 cm³/mol. The summed E-state index contributed by atoms with van der Waals surface area (Å²) in [5.74, 6) is -0.00959. The second-order valence-corrected chi connectivity index (χ2v) is 8.97. The summed E-state index contributed by atoms with van der Waals surface area (Å²) in [7, 11) is 1.82. The molecule has 2 amide bonds. The van der Waals surface area contributed by atoms with E-state index < -0.39 is 0 Å². The molecule has 164 valence electrons. The number of rotatable bonds is 5. The van der Waals surface area contributed by atoms with Crippen LogP contribution >= 0.6 is 11.3 Å². The van der Waals surface area contributed by atoms with Crippen LogP contribution in [0.4, 0.5) is 0 Å². The Kier molecular flexibility index (Phi) is 6.11. The van der Waals surface area contributed by atoms with Crippen LogP contribution in [-0.2, 0) is 22.6 Å². The number of aryl methyl sites for hydroxylation is 2. The minimum absolute atomic E-state index is 0.0289. The number of hydrogen-bond acceptors (Lipinski definition) is 5. The third-order valence-electron chi connectivity index (χ3n) is 5.79. The highest BCUT2D eigenvalue weighted by Crippen LogP contribution is 2.39. The number of fused-ring (bicyclic) bond motifs is 1. The lowest BCUT2D eigenvalue weighted by atomic mass is 10.0. The summed E-state index contributed by atoms with van der Waals surface area (Å²) in [5.41, 5.74) is 2.87. The van der Waals surface area contributed by atoms with Crippen LogP contribution in [0.25, 0.3) is 10.1 Å². The Bertz CT molecular complexity index is 1120. The van der Waals surface area contributed by atoms with Gasteiger partial charge in [-0.05, 0) is 25.3 Å². The van der Waals surface area contributed by atoms with Gasteiger partial charge in [0.2, 0.25) is 5.91 Å². The Morgan fingerprint density at radius 3 is 2.81 bits per heavy atom. The summed E-state index contributed by atoms with van der Waals surface area (Å²) in [6, 6.07) is 8.02. The fraction of sp³-hybridized carbons (Fsp3) is 0.435. The first kappa shape index (κ1) is 21.5. The van der Waals surface area contributed by atoms with E-state index in [1.54, 1.807) is 16.7 Å². The first-order valence-electron chi connectivity index (χ1n) is 10.6. The molecule has 1 aliphatic heterocycles. The highest BCUT2D eigenvalue weighted by atomic mass is 32.1. The molecule has 1 saturated heterocycles. The Balaban J connectivity index is 1.68. The van der Waals surface area contributed by atoms with Crippen LogP contribution < -0.4 is 0 Å². The molecule has 1 aromatic carbocycles. The number of carbonyl (C=O) groups excluding carboxylic acids is 2. The molecule has 3 aromatic rings. The summed E-state index contributed by atoms with van der Waals surface area (Å²) in [6.45, 7) is 8.38. The molecule has 0 N–H and O–H groups in total. The van der Waals surface area contributed by atoms with Crippen molar-refractivity contribution in [2.45, 2.75) is 40.0 Å². The van der Waals surface area contributed by atoms with Gasteiger partial charge in [-0.25, -0.2) is 0 Å². The zero-order valence-corrected chi connectivity index (χ0v) is 19.2. The third-order valence-corrected chi connectivity index (χ3v) is 6.96. The maximum Gasteiger partial charge on any atom is 0.264 e. The SMILES string of the molecule is CCn1cc(CN(C)C(=O)c2sc3ccccc3c2C2CN(C(C)=O)CCO2)c(C)n1. The topological polar surface area (TPSA) is 67.7 Å². The lowest BCUT2D eigenvalue weighted by Gasteiger charge is -2.33. The van der Waals surface area contributed by atoms with Gasteiger partial charge in [-0.3, -0.25) is 14.3 Å². The van der Waals surface area contributed by atoms with Crippen LogP contribution in [0.2, 0.25) is 0 Å². The van der Waals surface area contributed by atoms with E-state index >= 15 is 0 Å². The number of nitrogens with zero attached hydrogens (tertiary/aromatic N) is 4. The standard InChI is InChI=1S/C23H28N4O3S/c1-5-27-13-17(15(2)24-27)12-25(4)23(29)22-21(18-8-6-7-9-20(18)31-22)19-14-26(16(3)28)10-11-30-19/h6-9,13,19H,5,10-12,14H2,1-4H3. The van der Waals surface area contributed by atoms with Gasteiger partial charge >= 0.3 is 0 Å². The van der Waals surface area contributed by atoms with E-state index in [2.05, 4.69) is 5.10 Å². The van der Waals surface area contributed by atoms with E-state index in [0.29, 0.717) is 31.1 Å². The van der Waals surface area contributed by atoms with E-state index in [9.17, 15) is 9.59 Å². The number of carbonyl (C=O) groups is 2. The molecule has 1 aliphatic rings. The van der Waals surface area contributed by atoms with Crippen molar-refractivity contribution < 1.29 is 14.3 Å². The van der Waals surface area contributed by atoms with Crippen molar-refractivity contribution in [1.82, 2.24) is 19.6 Å². The highest BCUT2D eigenvalue weighted by Gasteiger charge is 2.31. The largest absolute Gasteiger partial charge is 0.370 e. The van der Waals surface area contributed by atoms with E-state index in [0.717, 1.165) is 33.5 Å². The molecular formula is C23H28N4O3S. The zero-order chi connectivity index (χ0) is 22.1. The molecule has 0 radical (unpaired) electrons. The predicted octanol–water partition coefficient (Wildman–Crippen LogP) is 3.62. The Labute approximate surface area is 186 Å². The van der Waals surface area contributed by atoms with E-state index in [4.69, 9.17) is 4.74 Å². The summed E-state index contributed by atoms with van der Waals surface area (Å²) in [4.78, 5) is 29.7. The molecule has 0 bridgehead atoms. The van der Waals surface area contributed by atoms with Gasteiger partial charge in [-0.2, -0.15) is 5.10 Å². The maximum absolute atomic E-state index is 13.6. The first-order chi connectivity index (χ1) is 14.9. The summed E-state index contributed by atoms with van der Waals surface area (Å²) < 4.78 is 9.00. The van der Waals surface area contributed by atoms with Gasteiger partial charge in [-0.1, -0.05) is 18.2 Å². The van der Waals surface area contributed by atoms with Gasteiger partial charge in [0.15, 0.2) is 0 Å². The number of thiophene rings is 1. The van der Waals surface area contributed by atoms with Crippen molar-refractivity contribution in [2.75, 3.05) is 26.7 Å². The third kappa shape index (κ3) is 4.22. The van der Waals surface area contributed by atoms with E-state index in [1.807, 2.05) is 56.0 Å². The number of morpholine rings is 1. The van der Waals surface area contributed by atoms with Crippen LogP contribution in [0.15, 0.2) is 30.5 Å². The molecule has 31 heavy (non-hydrogen) atoms. The summed E-state index contributed by atoms with van der Waals surface area (Å²) >= 11 is 1.49. The monoisotopic (exact) mass is 440 g/mol. The number of amides is 2. The van der Waals surface area contributed by atoms with Crippen LogP contribution in [0, 0.1) is 6.92 Å². The molecule has 1 atom stereocenters. The number of hydrogen-bond donors (Lipinski definition) is 0. The summed E-state index contributed by atoms with van der Waals surface area (Å²) in [5, 5.41) is 5.51. The zero-order valence-electron chi connectivity index (χ0n) is 18.4. The fourth-order valence-corrected chi connectivity index (χ4v) is 5.28. The van der Waals surface area contributed by atoms with Crippen molar-refractivity contribution >= 4 is 33.2 Å². The second-order valence-electron chi connectivity index (χ2n) is 7.92. The average Bonchev–Trinajstić information content (AvgIpc) is 3.33. The molecule has 3 heterocycles. The van der Waals surface area contributed by atoms with Crippen molar-refractivity contribution in [2.24, 2.45) is 0 Å². The Morgan fingerprint density at radius 1 is 1.32 bits per heavy atom. The molecule has 8 heteroatoms. The smallest absolute Gasteiger partial charge is 0.264 e. The van der Waals surface area contributed by atoms with Crippen molar-refractivity contribution in [1.29, 1.82) is 0 Å². The van der Waals surface area contributed by atoms with Crippen LogP contribution in [0.1, 0.15) is 46.4 Å². The summed E-state index contributed by atoms with van der Waals surface area (Å²) in [6.07, 6.45) is 1.69. The van der Waals surface area contributed by atoms with Crippen LogP contribution in [-0.4, -0.2) is 58.1 Å². The molecule has 7 nitrogen and oxygen atoms in total. The molecule has 0 spiro atoms. The van der Waals surface area contributed by atoms with Crippen molar-refractivity contribution in [3.8, 4) is 0 Å². The Hall–Kier alpha value is -2.71. The van der Waals surface area contributed by atoms with Gasteiger partial charge in [0, 0.05) is 55.6 Å². The van der Waals surface area contributed by atoms with Crippen LogP contribution in [0.5, 0.6) is 0 Å². The highest BCUT2D eigenvalue weighted by molar-refractivity contribution is 7.21. The van der Waals surface area contributed by atoms with Gasteiger partial charge < -0.3 is 14.5 Å². The van der Waals surface area contributed by atoms with Crippen LogP contribution in [0.3, 0.4) is 0 Å². The van der Waals surface area contributed by atoms with Crippen molar-refractivity contribution in [3.05, 3.63) is 52.2 Å². The normalized spacial score (nSPS) is 16.6. The fourth-order valence-electron chi connectivity index (χ4n) is 4.03. The number of aromatic nitrogens is 2. The molecule has 0 aliphatic carbocycles. The number of ether oxygens (including phenoxy) is 1. The van der Waals surface area contributed by atoms with Gasteiger partial charge in [0.1, 0.15) is 6.10 Å². The van der Waals surface area contributed by atoms with Gasteiger partial charge in [0.05, 0.1) is 23.7 Å². The lowest BCUT2D eigenvalue weighted by Crippen LogP contribution is -2.41. The van der Waals surface area contributed by atoms with E-state index in [-0.39, 0.29) is 17.9 Å². The molecular weight excluding hydrogens is 412 g/mol. The quantitative estimate of drug-likeness (QED) is 0.608. The lowest BCUT2D eigenvalue weighted by molar-refractivity contribution is -0.136. The minimum atomic E-state index is -0.314. The van der Waals surface area contributed by atoms with Crippen molar-refractivity contribution in [3.63, 3.8) is 0 Å². The minimum Gasteiger partial charge on any atom is -0.370 e. The molecule has 4 rings (SSSR count). The molecule has 2 aromatic heterocycles. The second kappa shape index (κ2) is 8.80. The Morgan fingerprint density at radius 2 is 2.10 bits per heavy atom. The van der Waals surface area contributed by atoms with Gasteiger partial charge in [-0.15, -0.1) is 11.3 Å². The average molecular weight is 441 g/mol.